The molecular formula is C12H16N2O2. The fourth-order valence-electron chi connectivity index (χ4n) is 1.91. The predicted molar refractivity (Wildman–Crippen MR) is 62.5 cm³/mol. The number of carbonyl (C=O) groups is 1. The Morgan fingerprint density at radius 3 is 3.25 bits per heavy atom. The number of rotatable bonds is 2. The smallest absolute Gasteiger partial charge is 0.411 e. The number of benzene rings is 1. The standard InChI is InChI=1S/C12H16N2O2/c1-2-16-12(15)14-11-5-3-4-9-6-7-13-8-10(9)11/h3-5,13H,2,6-8H2,1H3,(H,14,15). The van der Waals surface area contributed by atoms with Crippen LogP contribution in [0.25, 0.3) is 0 Å². The van der Waals surface area contributed by atoms with E-state index in [1.54, 1.807) is 6.92 Å². The van der Waals surface area contributed by atoms with Crippen molar-refractivity contribution >= 4 is 11.8 Å². The van der Waals surface area contributed by atoms with Crippen LogP contribution in [0.15, 0.2) is 18.2 Å². The maximum atomic E-state index is 11.3. The van der Waals surface area contributed by atoms with Crippen LogP contribution in [0.5, 0.6) is 0 Å². The van der Waals surface area contributed by atoms with Crippen molar-refractivity contribution in [2.45, 2.75) is 19.9 Å². The van der Waals surface area contributed by atoms with Crippen LogP contribution in [0.3, 0.4) is 0 Å². The topological polar surface area (TPSA) is 50.4 Å². The van der Waals surface area contributed by atoms with E-state index in [-0.39, 0.29) is 6.09 Å². The highest BCUT2D eigenvalue weighted by Crippen LogP contribution is 2.22. The average Bonchev–Trinajstić information content (AvgIpc) is 2.30. The van der Waals surface area contributed by atoms with Crippen LogP contribution in [0.1, 0.15) is 18.1 Å². The van der Waals surface area contributed by atoms with Crippen molar-refractivity contribution in [3.8, 4) is 0 Å². The molecule has 2 rings (SSSR count). The summed E-state index contributed by atoms with van der Waals surface area (Å²) in [5.74, 6) is 0. The third kappa shape index (κ3) is 2.33. The molecule has 1 amide bonds. The molecule has 2 N–H and O–H groups in total. The van der Waals surface area contributed by atoms with Gasteiger partial charge in [0.1, 0.15) is 0 Å². The van der Waals surface area contributed by atoms with Gasteiger partial charge < -0.3 is 10.1 Å². The molecule has 1 aromatic carbocycles. The molecule has 86 valence electrons. The molecule has 16 heavy (non-hydrogen) atoms. The first-order valence-corrected chi connectivity index (χ1v) is 5.56. The van der Waals surface area contributed by atoms with Gasteiger partial charge in [-0.15, -0.1) is 0 Å². The maximum absolute atomic E-state index is 11.3. The van der Waals surface area contributed by atoms with E-state index in [2.05, 4.69) is 16.7 Å². The van der Waals surface area contributed by atoms with Gasteiger partial charge in [-0.3, -0.25) is 5.32 Å². The number of hydrogen-bond acceptors (Lipinski definition) is 3. The molecule has 0 saturated heterocycles. The largest absolute Gasteiger partial charge is 0.450 e. The van der Waals surface area contributed by atoms with Crippen LogP contribution in [0, 0.1) is 0 Å². The van der Waals surface area contributed by atoms with Gasteiger partial charge in [0.05, 0.1) is 6.61 Å². The highest BCUT2D eigenvalue weighted by Gasteiger charge is 2.13. The first-order chi connectivity index (χ1) is 7.81. The lowest BCUT2D eigenvalue weighted by Gasteiger charge is -2.20. The van der Waals surface area contributed by atoms with Crippen molar-refractivity contribution in [3.05, 3.63) is 29.3 Å². The lowest BCUT2D eigenvalue weighted by atomic mass is 9.99. The van der Waals surface area contributed by atoms with Crippen LogP contribution >= 0.6 is 0 Å². The molecule has 0 aromatic heterocycles. The number of carbonyl (C=O) groups excluding carboxylic acids is 1. The quantitative estimate of drug-likeness (QED) is 0.800. The van der Waals surface area contributed by atoms with Crippen molar-refractivity contribution in [3.63, 3.8) is 0 Å². The van der Waals surface area contributed by atoms with Gasteiger partial charge in [0.25, 0.3) is 0 Å². The van der Waals surface area contributed by atoms with Crippen LogP contribution in [0.2, 0.25) is 0 Å². The summed E-state index contributed by atoms with van der Waals surface area (Å²) >= 11 is 0. The fraction of sp³-hybridized carbons (Fsp3) is 0.417. The van der Waals surface area contributed by atoms with Gasteiger partial charge in [0.2, 0.25) is 0 Å². The minimum absolute atomic E-state index is 0.388. The van der Waals surface area contributed by atoms with E-state index in [1.165, 1.54) is 11.1 Å². The van der Waals surface area contributed by atoms with Gasteiger partial charge >= 0.3 is 6.09 Å². The van der Waals surface area contributed by atoms with E-state index < -0.39 is 0 Å². The summed E-state index contributed by atoms with van der Waals surface area (Å²) in [5, 5.41) is 6.06. The Morgan fingerprint density at radius 1 is 1.56 bits per heavy atom. The molecule has 1 aromatic rings. The minimum Gasteiger partial charge on any atom is -0.450 e. The molecule has 1 aliphatic heterocycles. The monoisotopic (exact) mass is 220 g/mol. The zero-order chi connectivity index (χ0) is 11.4. The van der Waals surface area contributed by atoms with Gasteiger partial charge in [-0.1, -0.05) is 12.1 Å². The third-order valence-electron chi connectivity index (χ3n) is 2.66. The van der Waals surface area contributed by atoms with E-state index in [1.807, 2.05) is 12.1 Å². The van der Waals surface area contributed by atoms with Gasteiger partial charge in [-0.25, -0.2) is 4.79 Å². The number of nitrogens with one attached hydrogen (secondary N) is 2. The first-order valence-electron chi connectivity index (χ1n) is 5.56. The zero-order valence-electron chi connectivity index (χ0n) is 9.38. The summed E-state index contributed by atoms with van der Waals surface area (Å²) in [4.78, 5) is 11.3. The lowest BCUT2D eigenvalue weighted by molar-refractivity contribution is 0.168. The van der Waals surface area contributed by atoms with Crippen molar-refractivity contribution < 1.29 is 9.53 Å². The molecule has 0 atom stereocenters. The Bertz CT molecular complexity index is 391. The van der Waals surface area contributed by atoms with Crippen molar-refractivity contribution in [1.82, 2.24) is 5.32 Å². The van der Waals surface area contributed by atoms with E-state index >= 15 is 0 Å². The SMILES string of the molecule is CCOC(=O)Nc1cccc2c1CNCC2. The van der Waals surface area contributed by atoms with Crippen LogP contribution in [0.4, 0.5) is 10.5 Å². The molecule has 0 unspecified atom stereocenters. The molecule has 4 nitrogen and oxygen atoms in total. The highest BCUT2D eigenvalue weighted by atomic mass is 16.5. The number of fused-ring (bicyclic) bond motifs is 1. The molecule has 1 heterocycles. The van der Waals surface area contributed by atoms with Crippen molar-refractivity contribution in [1.29, 1.82) is 0 Å². The lowest BCUT2D eigenvalue weighted by Crippen LogP contribution is -2.25. The molecule has 0 spiro atoms. The van der Waals surface area contributed by atoms with E-state index in [0.717, 1.165) is 25.2 Å². The predicted octanol–water partition coefficient (Wildman–Crippen LogP) is 1.90. The number of anilines is 1. The maximum Gasteiger partial charge on any atom is 0.411 e. The third-order valence-corrected chi connectivity index (χ3v) is 2.66. The summed E-state index contributed by atoms with van der Waals surface area (Å²) in [5.41, 5.74) is 3.32. The van der Waals surface area contributed by atoms with E-state index in [0.29, 0.717) is 6.61 Å². The second kappa shape index (κ2) is 4.99. The summed E-state index contributed by atoms with van der Waals surface area (Å²) in [6, 6.07) is 5.97. The summed E-state index contributed by atoms with van der Waals surface area (Å²) in [7, 11) is 0. The molecule has 0 fully saturated rings. The van der Waals surface area contributed by atoms with Gasteiger partial charge in [-0.05, 0) is 37.1 Å². The Balaban J connectivity index is 2.17. The molecule has 1 aliphatic rings. The van der Waals surface area contributed by atoms with Gasteiger partial charge in [0, 0.05) is 12.2 Å². The first kappa shape index (κ1) is 11.0. The summed E-state index contributed by atoms with van der Waals surface area (Å²) in [6.07, 6.45) is 0.620. The minimum atomic E-state index is -0.388. The number of ether oxygens (including phenoxy) is 1. The molecule has 0 bridgehead atoms. The van der Waals surface area contributed by atoms with Gasteiger partial charge in [-0.2, -0.15) is 0 Å². The second-order valence-corrected chi connectivity index (χ2v) is 3.72. The summed E-state index contributed by atoms with van der Waals surface area (Å²) in [6.45, 7) is 3.98. The van der Waals surface area contributed by atoms with Crippen LogP contribution < -0.4 is 10.6 Å². The Morgan fingerprint density at radius 2 is 2.44 bits per heavy atom. The second-order valence-electron chi connectivity index (χ2n) is 3.72. The zero-order valence-corrected chi connectivity index (χ0v) is 9.38. The van der Waals surface area contributed by atoms with E-state index in [9.17, 15) is 4.79 Å². The molecular weight excluding hydrogens is 204 g/mol. The van der Waals surface area contributed by atoms with E-state index in [4.69, 9.17) is 4.74 Å². The Hall–Kier alpha value is -1.55. The van der Waals surface area contributed by atoms with Crippen LogP contribution in [-0.2, 0) is 17.7 Å². The molecule has 4 heteroatoms. The van der Waals surface area contributed by atoms with Gasteiger partial charge in [0.15, 0.2) is 0 Å². The summed E-state index contributed by atoms with van der Waals surface area (Å²) < 4.78 is 4.87. The molecule has 0 saturated carbocycles. The van der Waals surface area contributed by atoms with Crippen LogP contribution in [-0.4, -0.2) is 19.2 Å². The average molecular weight is 220 g/mol. The Kier molecular flexibility index (Phi) is 3.41. The molecule has 0 aliphatic carbocycles. The fourth-order valence-corrected chi connectivity index (χ4v) is 1.91. The van der Waals surface area contributed by atoms with Crippen molar-refractivity contribution in [2.75, 3.05) is 18.5 Å². The highest BCUT2D eigenvalue weighted by molar-refractivity contribution is 5.86. The number of amides is 1. The Labute approximate surface area is 95.0 Å². The van der Waals surface area contributed by atoms with Crippen molar-refractivity contribution in [2.24, 2.45) is 0 Å². The normalized spacial score (nSPS) is 14.1. The number of hydrogen-bond donors (Lipinski definition) is 2. The molecule has 0 radical (unpaired) electrons.